The van der Waals surface area contributed by atoms with E-state index in [1.165, 1.54) is 0 Å². The van der Waals surface area contributed by atoms with E-state index in [1.807, 2.05) is 48.5 Å². The third kappa shape index (κ3) is 1.41. The molecule has 4 nitrogen and oxygen atoms in total. The van der Waals surface area contributed by atoms with Crippen molar-refractivity contribution in [2.75, 3.05) is 0 Å². The topological polar surface area (TPSA) is 49.4 Å². The molecule has 0 aromatic heterocycles. The molecule has 0 N–H and O–H groups in total. The van der Waals surface area contributed by atoms with Crippen molar-refractivity contribution in [1.29, 1.82) is 0 Å². The Morgan fingerprint density at radius 1 is 0.545 bits per heavy atom. The molecule has 3 rings (SSSR count). The molecule has 0 heterocycles. The molecule has 0 radical (unpaired) electrons. The molecular formula is C18H16N4. The Morgan fingerprint density at radius 2 is 0.864 bits per heavy atom. The van der Waals surface area contributed by atoms with E-state index >= 15 is 0 Å². The van der Waals surface area contributed by atoms with Gasteiger partial charge in [0, 0.05) is 11.1 Å². The van der Waals surface area contributed by atoms with Gasteiger partial charge in [0.1, 0.15) is 0 Å². The highest BCUT2D eigenvalue weighted by Gasteiger charge is 2.57. The molecule has 108 valence electrons. The van der Waals surface area contributed by atoms with Crippen LogP contribution in [0.25, 0.3) is 11.1 Å². The highest BCUT2D eigenvalue weighted by Crippen LogP contribution is 2.56. The maximum atomic E-state index is 4.29. The molecule has 0 saturated heterocycles. The van der Waals surface area contributed by atoms with Crippen LogP contribution in [0.4, 0.5) is 0 Å². The Balaban J connectivity index is 2.56. The molecule has 0 atom stereocenters. The fourth-order valence-electron chi connectivity index (χ4n) is 3.30. The Hall–Kier alpha value is -2.88. The summed E-state index contributed by atoms with van der Waals surface area (Å²) in [6.07, 6.45) is 0. The van der Waals surface area contributed by atoms with Gasteiger partial charge in [-0.25, -0.2) is 0 Å². The summed E-state index contributed by atoms with van der Waals surface area (Å²) in [5, 5.41) is 0. The first kappa shape index (κ1) is 14.1. The van der Waals surface area contributed by atoms with E-state index < -0.39 is 11.3 Å². The zero-order valence-electron chi connectivity index (χ0n) is 12.2. The second-order valence-electron chi connectivity index (χ2n) is 5.07. The average molecular weight is 288 g/mol. The number of nitrogens with zero attached hydrogens (tertiary/aromatic N) is 4. The van der Waals surface area contributed by atoms with E-state index in [0.717, 1.165) is 22.3 Å². The van der Waals surface area contributed by atoms with Crippen LogP contribution in [0.1, 0.15) is 11.1 Å². The SMILES string of the molecule is C=NC1(N=C)c2ccccc2-c2ccccc2C1(N=C)N=C. The van der Waals surface area contributed by atoms with E-state index in [4.69, 9.17) is 0 Å². The van der Waals surface area contributed by atoms with Gasteiger partial charge in [0.25, 0.3) is 0 Å². The normalized spacial score (nSPS) is 16.7. The van der Waals surface area contributed by atoms with Crippen LogP contribution >= 0.6 is 0 Å². The second-order valence-corrected chi connectivity index (χ2v) is 5.07. The minimum absolute atomic E-state index is 0.846. The molecule has 0 amide bonds. The summed E-state index contributed by atoms with van der Waals surface area (Å²) in [6, 6.07) is 15.7. The third-order valence-corrected chi connectivity index (χ3v) is 4.30. The van der Waals surface area contributed by atoms with E-state index in [2.05, 4.69) is 46.8 Å². The first-order valence-electron chi connectivity index (χ1n) is 6.81. The van der Waals surface area contributed by atoms with Crippen LogP contribution < -0.4 is 0 Å². The van der Waals surface area contributed by atoms with Gasteiger partial charge in [-0.15, -0.1) is 0 Å². The number of benzene rings is 2. The lowest BCUT2D eigenvalue weighted by Crippen LogP contribution is -2.46. The zero-order valence-corrected chi connectivity index (χ0v) is 12.2. The largest absolute Gasteiger partial charge is 0.262 e. The summed E-state index contributed by atoms with van der Waals surface area (Å²) in [7, 11) is 0. The second kappa shape index (κ2) is 4.84. The molecule has 4 heteroatoms. The van der Waals surface area contributed by atoms with Crippen molar-refractivity contribution >= 4 is 26.9 Å². The Morgan fingerprint density at radius 3 is 1.18 bits per heavy atom. The van der Waals surface area contributed by atoms with Gasteiger partial charge in [0.2, 0.25) is 11.3 Å². The number of hydrogen-bond acceptors (Lipinski definition) is 4. The minimum Gasteiger partial charge on any atom is -0.262 e. The van der Waals surface area contributed by atoms with E-state index in [0.29, 0.717) is 0 Å². The first-order valence-corrected chi connectivity index (χ1v) is 6.81. The van der Waals surface area contributed by atoms with Crippen molar-refractivity contribution in [2.45, 2.75) is 11.3 Å². The number of rotatable bonds is 4. The van der Waals surface area contributed by atoms with Crippen molar-refractivity contribution < 1.29 is 0 Å². The van der Waals surface area contributed by atoms with Gasteiger partial charge in [-0.05, 0) is 38.0 Å². The molecule has 0 unspecified atom stereocenters. The fourth-order valence-corrected chi connectivity index (χ4v) is 3.30. The van der Waals surface area contributed by atoms with E-state index in [-0.39, 0.29) is 0 Å². The number of fused-ring (bicyclic) bond motifs is 3. The quantitative estimate of drug-likeness (QED) is 0.774. The Labute approximate surface area is 129 Å². The smallest absolute Gasteiger partial charge is 0.224 e. The van der Waals surface area contributed by atoms with Crippen LogP contribution in [0.5, 0.6) is 0 Å². The Kier molecular flexibility index (Phi) is 3.10. The lowest BCUT2D eigenvalue weighted by atomic mass is 9.71. The lowest BCUT2D eigenvalue weighted by molar-refractivity contribution is 0.250. The lowest BCUT2D eigenvalue weighted by Gasteiger charge is -2.44. The van der Waals surface area contributed by atoms with Crippen LogP contribution in [-0.4, -0.2) is 26.9 Å². The zero-order chi connectivity index (χ0) is 15.8. The molecule has 0 fully saturated rings. The van der Waals surface area contributed by atoms with Crippen molar-refractivity contribution in [3.05, 3.63) is 59.7 Å². The highest BCUT2D eigenvalue weighted by molar-refractivity contribution is 5.78. The van der Waals surface area contributed by atoms with Crippen molar-refractivity contribution in [2.24, 2.45) is 20.0 Å². The van der Waals surface area contributed by atoms with Crippen molar-refractivity contribution in [1.82, 2.24) is 0 Å². The minimum atomic E-state index is -1.18. The third-order valence-electron chi connectivity index (χ3n) is 4.30. The van der Waals surface area contributed by atoms with E-state index in [1.54, 1.807) is 0 Å². The molecule has 0 spiro atoms. The summed E-state index contributed by atoms with van der Waals surface area (Å²) in [5.41, 5.74) is 1.36. The fraction of sp³-hybridized carbons (Fsp3) is 0.111. The summed E-state index contributed by atoms with van der Waals surface area (Å²) in [4.78, 5) is 17.1. The van der Waals surface area contributed by atoms with Crippen LogP contribution in [-0.2, 0) is 11.3 Å². The van der Waals surface area contributed by atoms with Gasteiger partial charge < -0.3 is 0 Å². The standard InChI is InChI=1S/C18H16N4/c1-19-17(20-2)15-11-7-5-9-13(15)14-10-6-8-12-16(14)18(17,21-3)22-4/h5-12H,1-4H2. The molecule has 0 aliphatic heterocycles. The number of hydrogen-bond donors (Lipinski definition) is 0. The Bertz CT molecular complexity index is 708. The summed E-state index contributed by atoms with van der Waals surface area (Å²) >= 11 is 0. The molecule has 22 heavy (non-hydrogen) atoms. The monoisotopic (exact) mass is 288 g/mol. The maximum absolute atomic E-state index is 4.29. The summed E-state index contributed by atoms with van der Waals surface area (Å²) in [5.74, 6) is 0. The van der Waals surface area contributed by atoms with Gasteiger partial charge in [0.15, 0.2) is 0 Å². The van der Waals surface area contributed by atoms with Gasteiger partial charge >= 0.3 is 0 Å². The molecule has 0 bridgehead atoms. The van der Waals surface area contributed by atoms with E-state index in [9.17, 15) is 0 Å². The molecule has 2 aromatic rings. The molecule has 2 aromatic carbocycles. The van der Waals surface area contributed by atoms with Crippen LogP contribution in [0.15, 0.2) is 68.5 Å². The van der Waals surface area contributed by atoms with Crippen molar-refractivity contribution in [3.63, 3.8) is 0 Å². The average Bonchev–Trinajstić information content (AvgIpc) is 2.60. The van der Waals surface area contributed by atoms with Gasteiger partial charge in [-0.1, -0.05) is 48.5 Å². The molecular weight excluding hydrogens is 272 g/mol. The summed E-state index contributed by atoms with van der Waals surface area (Å²) < 4.78 is 0. The summed E-state index contributed by atoms with van der Waals surface area (Å²) in [6.45, 7) is 14.9. The molecule has 1 aliphatic carbocycles. The maximum Gasteiger partial charge on any atom is 0.224 e. The predicted octanol–water partition coefficient (Wildman–Crippen LogP) is 3.48. The van der Waals surface area contributed by atoms with Crippen molar-refractivity contribution in [3.8, 4) is 11.1 Å². The highest BCUT2D eigenvalue weighted by atomic mass is 15.2. The molecule has 0 saturated carbocycles. The van der Waals surface area contributed by atoms with Crippen LogP contribution in [0.2, 0.25) is 0 Å². The predicted molar refractivity (Wildman–Crippen MR) is 93.4 cm³/mol. The van der Waals surface area contributed by atoms with Gasteiger partial charge in [-0.2, -0.15) is 0 Å². The van der Waals surface area contributed by atoms with Crippen LogP contribution in [0, 0.1) is 0 Å². The number of aliphatic imine (C=N–C) groups is 4. The first-order chi connectivity index (χ1) is 10.7. The van der Waals surface area contributed by atoms with Crippen LogP contribution in [0.3, 0.4) is 0 Å². The van der Waals surface area contributed by atoms with Gasteiger partial charge in [-0.3, -0.25) is 20.0 Å². The van der Waals surface area contributed by atoms with Gasteiger partial charge in [0.05, 0.1) is 0 Å². The molecule has 1 aliphatic rings.